The minimum Gasteiger partial charge on any atom is -0.310 e. The maximum absolute atomic E-state index is 6.31. The van der Waals surface area contributed by atoms with Crippen molar-refractivity contribution in [1.82, 2.24) is 10.2 Å². The Balaban J connectivity index is 2.73. The van der Waals surface area contributed by atoms with Crippen molar-refractivity contribution in [2.75, 3.05) is 26.7 Å². The fourth-order valence-electron chi connectivity index (χ4n) is 2.25. The van der Waals surface area contributed by atoms with Gasteiger partial charge in [-0.15, -0.1) is 0 Å². The fourth-order valence-corrected chi connectivity index (χ4v) is 2.69. The van der Waals surface area contributed by atoms with Crippen LogP contribution in [-0.2, 0) is 0 Å². The van der Waals surface area contributed by atoms with Gasteiger partial charge in [0.15, 0.2) is 0 Å². The highest BCUT2D eigenvalue weighted by atomic mass is 35.5. The molecule has 1 unspecified atom stereocenters. The van der Waals surface area contributed by atoms with Gasteiger partial charge in [0, 0.05) is 6.04 Å². The molecule has 0 aliphatic carbocycles. The van der Waals surface area contributed by atoms with Crippen LogP contribution in [0.25, 0.3) is 0 Å². The maximum Gasteiger partial charge on any atom is 0.0640 e. The van der Waals surface area contributed by atoms with E-state index in [4.69, 9.17) is 23.2 Å². The number of halogens is 2. The van der Waals surface area contributed by atoms with Crippen LogP contribution in [0.15, 0.2) is 18.2 Å². The number of rotatable bonds is 8. The second kappa shape index (κ2) is 8.80. The Morgan fingerprint density at radius 2 is 1.95 bits per heavy atom. The lowest BCUT2D eigenvalue weighted by Gasteiger charge is -2.23. The zero-order chi connectivity index (χ0) is 14.3. The van der Waals surface area contributed by atoms with Crippen LogP contribution in [0.3, 0.4) is 0 Å². The standard InChI is InChI=1S/C15H24Cl2N2/c1-4-10-19(3)11-9-14(18-5-2)12-7-6-8-13(16)15(12)17/h6-8,14,18H,4-5,9-11H2,1-3H3. The summed E-state index contributed by atoms with van der Waals surface area (Å²) in [6.45, 7) is 7.41. The predicted octanol–water partition coefficient (Wildman–Crippen LogP) is 4.38. The first-order chi connectivity index (χ1) is 9.10. The number of nitrogens with one attached hydrogen (secondary N) is 1. The van der Waals surface area contributed by atoms with Gasteiger partial charge in [0.2, 0.25) is 0 Å². The lowest BCUT2D eigenvalue weighted by atomic mass is 10.0. The smallest absolute Gasteiger partial charge is 0.0640 e. The molecule has 19 heavy (non-hydrogen) atoms. The van der Waals surface area contributed by atoms with E-state index in [1.54, 1.807) is 0 Å². The molecule has 0 aromatic heterocycles. The Morgan fingerprint density at radius 3 is 2.58 bits per heavy atom. The highest BCUT2D eigenvalue weighted by Gasteiger charge is 2.15. The van der Waals surface area contributed by atoms with Crippen molar-refractivity contribution in [2.24, 2.45) is 0 Å². The molecule has 0 saturated carbocycles. The second-order valence-corrected chi connectivity index (χ2v) is 5.63. The van der Waals surface area contributed by atoms with Crippen molar-refractivity contribution < 1.29 is 0 Å². The third-order valence-electron chi connectivity index (χ3n) is 3.21. The first-order valence-corrected chi connectivity index (χ1v) is 7.71. The molecule has 0 aliphatic heterocycles. The molecule has 0 amide bonds. The second-order valence-electron chi connectivity index (χ2n) is 4.85. The SMILES string of the molecule is CCCN(C)CCC(NCC)c1cccc(Cl)c1Cl. The fraction of sp³-hybridized carbons (Fsp3) is 0.600. The third-order valence-corrected chi connectivity index (χ3v) is 4.05. The molecule has 0 heterocycles. The van der Waals surface area contributed by atoms with E-state index in [1.807, 2.05) is 12.1 Å². The van der Waals surface area contributed by atoms with Crippen LogP contribution in [0.1, 0.15) is 38.3 Å². The average Bonchev–Trinajstić information content (AvgIpc) is 2.38. The molecule has 1 aromatic rings. The van der Waals surface area contributed by atoms with Crippen molar-refractivity contribution in [3.63, 3.8) is 0 Å². The number of nitrogens with zero attached hydrogens (tertiary/aromatic N) is 1. The number of benzene rings is 1. The molecule has 108 valence electrons. The van der Waals surface area contributed by atoms with Crippen molar-refractivity contribution in [3.8, 4) is 0 Å². The minimum atomic E-state index is 0.260. The lowest BCUT2D eigenvalue weighted by molar-refractivity contribution is 0.309. The van der Waals surface area contributed by atoms with E-state index in [0.717, 1.165) is 31.6 Å². The van der Waals surface area contributed by atoms with Crippen LogP contribution in [0.2, 0.25) is 10.0 Å². The van der Waals surface area contributed by atoms with E-state index in [1.165, 1.54) is 6.42 Å². The summed E-state index contributed by atoms with van der Waals surface area (Å²) in [5.41, 5.74) is 1.10. The summed E-state index contributed by atoms with van der Waals surface area (Å²) in [5, 5.41) is 4.80. The van der Waals surface area contributed by atoms with E-state index in [0.29, 0.717) is 10.0 Å². The molecule has 1 aromatic carbocycles. The van der Waals surface area contributed by atoms with Crippen LogP contribution in [0.4, 0.5) is 0 Å². The van der Waals surface area contributed by atoms with Crippen LogP contribution in [-0.4, -0.2) is 31.6 Å². The molecule has 1 N–H and O–H groups in total. The van der Waals surface area contributed by atoms with E-state index in [2.05, 4.69) is 37.2 Å². The highest BCUT2D eigenvalue weighted by Crippen LogP contribution is 2.31. The zero-order valence-electron chi connectivity index (χ0n) is 12.0. The lowest BCUT2D eigenvalue weighted by Crippen LogP contribution is -2.28. The highest BCUT2D eigenvalue weighted by molar-refractivity contribution is 6.42. The molecule has 0 aliphatic rings. The summed E-state index contributed by atoms with van der Waals surface area (Å²) in [6, 6.07) is 6.11. The number of hydrogen-bond donors (Lipinski definition) is 1. The Bertz CT molecular complexity index is 382. The summed E-state index contributed by atoms with van der Waals surface area (Å²) >= 11 is 12.4. The van der Waals surface area contributed by atoms with Crippen LogP contribution >= 0.6 is 23.2 Å². The van der Waals surface area contributed by atoms with E-state index in [9.17, 15) is 0 Å². The van der Waals surface area contributed by atoms with Gasteiger partial charge < -0.3 is 10.2 Å². The summed E-state index contributed by atoms with van der Waals surface area (Å²) in [7, 11) is 2.16. The van der Waals surface area contributed by atoms with E-state index >= 15 is 0 Å². The number of hydrogen-bond acceptors (Lipinski definition) is 2. The Kier molecular flexibility index (Phi) is 7.77. The van der Waals surface area contributed by atoms with Crippen LogP contribution in [0, 0.1) is 0 Å². The quantitative estimate of drug-likeness (QED) is 0.767. The predicted molar refractivity (Wildman–Crippen MR) is 85.3 cm³/mol. The Morgan fingerprint density at radius 1 is 1.21 bits per heavy atom. The molecular weight excluding hydrogens is 279 g/mol. The first-order valence-electron chi connectivity index (χ1n) is 6.96. The minimum absolute atomic E-state index is 0.260. The molecule has 0 fully saturated rings. The van der Waals surface area contributed by atoms with Gasteiger partial charge in [-0.1, -0.05) is 49.2 Å². The van der Waals surface area contributed by atoms with E-state index < -0.39 is 0 Å². The average molecular weight is 303 g/mol. The first kappa shape index (κ1) is 16.8. The van der Waals surface area contributed by atoms with Crippen molar-refractivity contribution in [1.29, 1.82) is 0 Å². The summed E-state index contributed by atoms with van der Waals surface area (Å²) in [6.07, 6.45) is 2.21. The molecule has 0 saturated heterocycles. The molecular formula is C15H24Cl2N2. The van der Waals surface area contributed by atoms with Gasteiger partial charge in [-0.2, -0.15) is 0 Å². The molecule has 0 spiro atoms. The summed E-state index contributed by atoms with van der Waals surface area (Å²) < 4.78 is 0. The van der Waals surface area contributed by atoms with Crippen molar-refractivity contribution in [3.05, 3.63) is 33.8 Å². The van der Waals surface area contributed by atoms with Gasteiger partial charge in [0.05, 0.1) is 10.0 Å². The van der Waals surface area contributed by atoms with Gasteiger partial charge in [0.1, 0.15) is 0 Å². The topological polar surface area (TPSA) is 15.3 Å². The van der Waals surface area contributed by atoms with Gasteiger partial charge in [-0.25, -0.2) is 0 Å². The Labute approximate surface area is 127 Å². The van der Waals surface area contributed by atoms with Crippen molar-refractivity contribution >= 4 is 23.2 Å². The largest absolute Gasteiger partial charge is 0.310 e. The molecule has 1 atom stereocenters. The monoisotopic (exact) mass is 302 g/mol. The van der Waals surface area contributed by atoms with E-state index in [-0.39, 0.29) is 6.04 Å². The molecule has 0 bridgehead atoms. The maximum atomic E-state index is 6.31. The third kappa shape index (κ3) is 5.31. The normalized spacial score (nSPS) is 12.9. The molecule has 0 radical (unpaired) electrons. The molecule has 4 heteroatoms. The van der Waals surface area contributed by atoms with Gasteiger partial charge in [0.25, 0.3) is 0 Å². The van der Waals surface area contributed by atoms with Gasteiger partial charge in [-0.05, 0) is 51.2 Å². The van der Waals surface area contributed by atoms with Crippen LogP contribution in [0.5, 0.6) is 0 Å². The summed E-state index contributed by atoms with van der Waals surface area (Å²) in [4.78, 5) is 2.35. The van der Waals surface area contributed by atoms with Crippen LogP contribution < -0.4 is 5.32 Å². The Hall–Kier alpha value is -0.280. The van der Waals surface area contributed by atoms with Crippen molar-refractivity contribution in [2.45, 2.75) is 32.7 Å². The summed E-state index contributed by atoms with van der Waals surface area (Å²) in [5.74, 6) is 0. The zero-order valence-corrected chi connectivity index (χ0v) is 13.6. The molecule has 1 rings (SSSR count). The van der Waals surface area contributed by atoms with Gasteiger partial charge >= 0.3 is 0 Å². The van der Waals surface area contributed by atoms with Gasteiger partial charge in [-0.3, -0.25) is 0 Å². The molecule has 2 nitrogen and oxygen atoms in total.